The summed E-state index contributed by atoms with van der Waals surface area (Å²) in [4.78, 5) is 2.86. The minimum Gasteiger partial charge on any atom is -0.325 e. The van der Waals surface area contributed by atoms with Gasteiger partial charge >= 0.3 is 0 Å². The van der Waals surface area contributed by atoms with E-state index < -0.39 is 0 Å². The number of rotatable bonds is 3. The lowest BCUT2D eigenvalue weighted by Crippen LogP contribution is -2.33. The van der Waals surface area contributed by atoms with Crippen molar-refractivity contribution in [3.8, 4) is 0 Å². The molecule has 1 aromatic rings. The molecule has 12 heavy (non-hydrogen) atoms. The average Bonchev–Trinajstić information content (AvgIpc) is 2.32. The van der Waals surface area contributed by atoms with E-state index in [-0.39, 0.29) is 5.54 Å². The number of aryl methyl sites for hydroxylation is 1. The highest BCUT2D eigenvalue weighted by atomic mass is 32.1. The molecule has 0 saturated heterocycles. The van der Waals surface area contributed by atoms with Crippen LogP contribution in [0.15, 0.2) is 12.1 Å². The van der Waals surface area contributed by atoms with E-state index in [0.717, 1.165) is 12.8 Å². The summed E-state index contributed by atoms with van der Waals surface area (Å²) in [6.07, 6.45) is 2.12. The van der Waals surface area contributed by atoms with Gasteiger partial charge in [-0.1, -0.05) is 6.92 Å². The van der Waals surface area contributed by atoms with Gasteiger partial charge in [0.1, 0.15) is 0 Å². The first-order chi connectivity index (χ1) is 5.51. The van der Waals surface area contributed by atoms with Crippen molar-refractivity contribution in [3.05, 3.63) is 21.9 Å². The Hall–Kier alpha value is -0.340. The summed E-state index contributed by atoms with van der Waals surface area (Å²) in [5, 5.41) is 0. The van der Waals surface area contributed by atoms with Gasteiger partial charge in [0.05, 0.1) is 0 Å². The molecular weight excluding hydrogens is 166 g/mol. The van der Waals surface area contributed by atoms with E-state index in [4.69, 9.17) is 5.73 Å². The van der Waals surface area contributed by atoms with Crippen molar-refractivity contribution in [2.24, 2.45) is 5.73 Å². The highest BCUT2D eigenvalue weighted by Crippen LogP contribution is 2.20. The van der Waals surface area contributed by atoms with Gasteiger partial charge in [-0.2, -0.15) is 0 Å². The predicted octanol–water partition coefficient (Wildman–Crippen LogP) is 2.59. The Bertz CT molecular complexity index is 245. The van der Waals surface area contributed by atoms with Crippen molar-refractivity contribution in [3.63, 3.8) is 0 Å². The fraction of sp³-hybridized carbons (Fsp3) is 0.600. The van der Waals surface area contributed by atoms with Gasteiger partial charge in [-0.3, -0.25) is 0 Å². The van der Waals surface area contributed by atoms with Gasteiger partial charge in [0.25, 0.3) is 0 Å². The summed E-state index contributed by atoms with van der Waals surface area (Å²) in [6, 6.07) is 4.39. The molecule has 0 aromatic carbocycles. The van der Waals surface area contributed by atoms with Crippen molar-refractivity contribution in [2.75, 3.05) is 0 Å². The first-order valence-electron chi connectivity index (χ1n) is 4.38. The maximum atomic E-state index is 5.92. The van der Waals surface area contributed by atoms with Crippen molar-refractivity contribution < 1.29 is 0 Å². The van der Waals surface area contributed by atoms with Gasteiger partial charge in [0.2, 0.25) is 0 Å². The van der Waals surface area contributed by atoms with E-state index in [1.807, 2.05) is 11.3 Å². The van der Waals surface area contributed by atoms with Crippen LogP contribution in [0.4, 0.5) is 0 Å². The van der Waals surface area contributed by atoms with Crippen LogP contribution >= 0.6 is 11.3 Å². The van der Waals surface area contributed by atoms with E-state index in [1.54, 1.807) is 0 Å². The van der Waals surface area contributed by atoms with E-state index in [2.05, 4.69) is 32.9 Å². The van der Waals surface area contributed by atoms with Gasteiger partial charge < -0.3 is 5.73 Å². The molecule has 1 heterocycles. The molecule has 0 fully saturated rings. The average molecular weight is 183 g/mol. The smallest absolute Gasteiger partial charge is 0.0145 e. The Morgan fingerprint density at radius 1 is 1.33 bits per heavy atom. The van der Waals surface area contributed by atoms with Crippen LogP contribution in [0.2, 0.25) is 0 Å². The molecule has 1 nitrogen and oxygen atoms in total. The predicted molar refractivity (Wildman–Crippen MR) is 55.7 cm³/mol. The minimum absolute atomic E-state index is 0.0735. The molecule has 68 valence electrons. The second kappa shape index (κ2) is 3.58. The lowest BCUT2D eigenvalue weighted by atomic mass is 10.0. The molecule has 1 aromatic heterocycles. The molecule has 0 spiro atoms. The van der Waals surface area contributed by atoms with Gasteiger partial charge in [0, 0.05) is 15.3 Å². The number of hydrogen-bond donors (Lipinski definition) is 1. The van der Waals surface area contributed by atoms with E-state index >= 15 is 0 Å². The summed E-state index contributed by atoms with van der Waals surface area (Å²) < 4.78 is 0. The maximum Gasteiger partial charge on any atom is 0.0145 e. The van der Waals surface area contributed by atoms with Crippen LogP contribution in [-0.4, -0.2) is 5.54 Å². The van der Waals surface area contributed by atoms with E-state index in [0.29, 0.717) is 0 Å². The van der Waals surface area contributed by atoms with Gasteiger partial charge in [-0.25, -0.2) is 0 Å². The molecule has 2 N–H and O–H groups in total. The summed E-state index contributed by atoms with van der Waals surface area (Å²) in [7, 11) is 0. The fourth-order valence-corrected chi connectivity index (χ4v) is 2.35. The van der Waals surface area contributed by atoms with Gasteiger partial charge in [-0.05, 0) is 38.8 Å². The second-order valence-corrected chi connectivity index (χ2v) is 5.14. The van der Waals surface area contributed by atoms with Crippen molar-refractivity contribution >= 4 is 11.3 Å². The molecule has 0 aliphatic rings. The quantitative estimate of drug-likeness (QED) is 0.766. The third-order valence-electron chi connectivity index (χ3n) is 1.70. The largest absolute Gasteiger partial charge is 0.325 e. The number of nitrogens with two attached hydrogens (primary N) is 1. The first-order valence-corrected chi connectivity index (χ1v) is 5.19. The molecular formula is C10H17NS. The Kier molecular flexibility index (Phi) is 2.91. The molecule has 0 atom stereocenters. The monoisotopic (exact) mass is 183 g/mol. The molecule has 0 aliphatic carbocycles. The maximum absolute atomic E-state index is 5.92. The number of thiophene rings is 1. The molecule has 0 aliphatic heterocycles. The molecule has 0 bridgehead atoms. The Balaban J connectivity index is 2.64. The third kappa shape index (κ3) is 2.95. The van der Waals surface area contributed by atoms with Crippen LogP contribution in [0.3, 0.4) is 0 Å². The van der Waals surface area contributed by atoms with Crippen LogP contribution in [0.1, 0.15) is 30.5 Å². The summed E-state index contributed by atoms with van der Waals surface area (Å²) in [5.41, 5.74) is 5.85. The second-order valence-electron chi connectivity index (χ2n) is 3.89. The van der Waals surface area contributed by atoms with Crippen LogP contribution < -0.4 is 5.73 Å². The zero-order chi connectivity index (χ0) is 9.19. The summed E-state index contributed by atoms with van der Waals surface area (Å²) in [6.45, 7) is 6.32. The zero-order valence-electron chi connectivity index (χ0n) is 8.05. The highest BCUT2D eigenvalue weighted by Gasteiger charge is 2.12. The third-order valence-corrected chi connectivity index (χ3v) is 2.93. The highest BCUT2D eigenvalue weighted by molar-refractivity contribution is 7.12. The standard InChI is InChI=1S/C10H17NS/c1-4-8-5-6-9(12-8)7-10(2,3)11/h5-6H,4,7,11H2,1-3H3. The van der Waals surface area contributed by atoms with Crippen LogP contribution in [0.5, 0.6) is 0 Å². The fourth-order valence-electron chi connectivity index (χ4n) is 1.16. The van der Waals surface area contributed by atoms with E-state index in [1.165, 1.54) is 9.75 Å². The summed E-state index contributed by atoms with van der Waals surface area (Å²) >= 11 is 1.88. The number of hydrogen-bond acceptors (Lipinski definition) is 2. The molecule has 2 heteroatoms. The zero-order valence-corrected chi connectivity index (χ0v) is 8.87. The van der Waals surface area contributed by atoms with Gasteiger partial charge in [0.15, 0.2) is 0 Å². The molecule has 0 radical (unpaired) electrons. The summed E-state index contributed by atoms with van der Waals surface area (Å²) in [5.74, 6) is 0. The minimum atomic E-state index is -0.0735. The SMILES string of the molecule is CCc1ccc(CC(C)(C)N)s1. The van der Waals surface area contributed by atoms with Crippen LogP contribution in [-0.2, 0) is 12.8 Å². The molecule has 0 saturated carbocycles. The lowest BCUT2D eigenvalue weighted by molar-refractivity contribution is 0.521. The van der Waals surface area contributed by atoms with Crippen LogP contribution in [0, 0.1) is 0 Å². The topological polar surface area (TPSA) is 26.0 Å². The molecule has 0 unspecified atom stereocenters. The molecule has 1 rings (SSSR count). The van der Waals surface area contributed by atoms with Crippen LogP contribution in [0.25, 0.3) is 0 Å². The molecule has 0 amide bonds. The Morgan fingerprint density at radius 3 is 2.33 bits per heavy atom. The van der Waals surface area contributed by atoms with E-state index in [9.17, 15) is 0 Å². The lowest BCUT2D eigenvalue weighted by Gasteiger charge is -2.16. The van der Waals surface area contributed by atoms with Crippen molar-refractivity contribution in [1.29, 1.82) is 0 Å². The first kappa shape index (κ1) is 9.75. The van der Waals surface area contributed by atoms with Gasteiger partial charge in [-0.15, -0.1) is 11.3 Å². The Morgan fingerprint density at radius 2 is 1.92 bits per heavy atom. The normalized spacial score (nSPS) is 12.0. The van der Waals surface area contributed by atoms with Crippen molar-refractivity contribution in [2.45, 2.75) is 39.2 Å². The van der Waals surface area contributed by atoms with Crippen molar-refractivity contribution in [1.82, 2.24) is 0 Å². The Labute approximate surface area is 78.6 Å².